The molecule has 0 fully saturated rings. The van der Waals surface area contributed by atoms with Gasteiger partial charge in [-0.1, -0.05) is 0 Å². The number of nitrogens with one attached hydrogen (secondary N) is 1. The predicted octanol–water partition coefficient (Wildman–Crippen LogP) is 1.66. The molecule has 1 heterocycles. The van der Waals surface area contributed by atoms with Gasteiger partial charge in [0.2, 0.25) is 10.0 Å². The summed E-state index contributed by atoms with van der Waals surface area (Å²) in [4.78, 5) is 4.11. The Hall–Kier alpha value is -2.12. The van der Waals surface area contributed by atoms with Crippen LogP contribution in [0.25, 0.3) is 0 Å². The number of hydrogen-bond donors (Lipinski definition) is 2. The molecule has 0 atom stereocenters. The van der Waals surface area contributed by atoms with Gasteiger partial charge in [0.05, 0.1) is 17.7 Å². The maximum absolute atomic E-state index is 11.4. The Labute approximate surface area is 124 Å². The van der Waals surface area contributed by atoms with Crippen LogP contribution in [-0.2, 0) is 16.6 Å². The Morgan fingerprint density at radius 3 is 2.71 bits per heavy atom. The van der Waals surface area contributed by atoms with E-state index in [1.54, 1.807) is 18.5 Å². The lowest BCUT2D eigenvalue weighted by Gasteiger charge is -2.13. The van der Waals surface area contributed by atoms with Crippen LogP contribution in [0, 0.1) is 6.92 Å². The van der Waals surface area contributed by atoms with Crippen molar-refractivity contribution in [3.63, 3.8) is 0 Å². The highest BCUT2D eigenvalue weighted by atomic mass is 32.2. The van der Waals surface area contributed by atoms with Gasteiger partial charge in [0.15, 0.2) is 0 Å². The number of sulfonamides is 1. The van der Waals surface area contributed by atoms with E-state index in [9.17, 15) is 8.42 Å². The summed E-state index contributed by atoms with van der Waals surface area (Å²) < 4.78 is 28.0. The lowest BCUT2D eigenvalue weighted by atomic mass is 10.1. The minimum Gasteiger partial charge on any atom is -0.495 e. The number of nitrogens with zero attached hydrogens (tertiary/aromatic N) is 1. The highest BCUT2D eigenvalue weighted by molar-refractivity contribution is 7.89. The van der Waals surface area contributed by atoms with Crippen molar-refractivity contribution in [2.24, 2.45) is 5.14 Å². The average Bonchev–Trinajstić information content (AvgIpc) is 2.45. The normalized spacial score (nSPS) is 11.2. The second-order valence-electron chi connectivity index (χ2n) is 4.56. The molecule has 0 aliphatic heterocycles. The number of ether oxygens (including phenoxy) is 1. The molecule has 0 unspecified atom stereocenters. The van der Waals surface area contributed by atoms with Gasteiger partial charge in [0, 0.05) is 18.9 Å². The molecule has 3 N–H and O–H groups in total. The van der Waals surface area contributed by atoms with E-state index in [1.165, 1.54) is 19.2 Å². The number of pyridine rings is 1. The van der Waals surface area contributed by atoms with Gasteiger partial charge in [-0.3, -0.25) is 4.98 Å². The first-order chi connectivity index (χ1) is 9.91. The molecule has 0 aliphatic carbocycles. The lowest BCUT2D eigenvalue weighted by Crippen LogP contribution is -2.13. The van der Waals surface area contributed by atoms with Crippen LogP contribution >= 0.6 is 0 Å². The fourth-order valence-corrected chi connectivity index (χ4v) is 2.41. The molecule has 0 saturated heterocycles. The van der Waals surface area contributed by atoms with Crippen LogP contribution in [0.4, 0.5) is 5.69 Å². The molecule has 1 aromatic heterocycles. The molecule has 0 amide bonds. The SMILES string of the molecule is COc1ccc(S(N)(=O)=O)cc1NCc1cnccc1C. The fraction of sp³-hybridized carbons (Fsp3) is 0.214. The molecule has 0 radical (unpaired) electrons. The molecule has 2 aromatic rings. The number of methoxy groups -OCH3 is 1. The third kappa shape index (κ3) is 3.71. The van der Waals surface area contributed by atoms with Crippen molar-refractivity contribution in [2.75, 3.05) is 12.4 Å². The smallest absolute Gasteiger partial charge is 0.238 e. The molecule has 21 heavy (non-hydrogen) atoms. The highest BCUT2D eigenvalue weighted by Gasteiger charge is 2.12. The van der Waals surface area contributed by atoms with Crippen LogP contribution in [0.1, 0.15) is 11.1 Å². The summed E-state index contributed by atoms with van der Waals surface area (Å²) in [5, 5.41) is 8.29. The number of aryl methyl sites for hydroxylation is 1. The van der Waals surface area contributed by atoms with Crippen molar-refractivity contribution in [1.29, 1.82) is 0 Å². The summed E-state index contributed by atoms with van der Waals surface area (Å²) in [7, 11) is -2.23. The van der Waals surface area contributed by atoms with Gasteiger partial charge in [-0.2, -0.15) is 0 Å². The van der Waals surface area contributed by atoms with Crippen LogP contribution in [0.5, 0.6) is 5.75 Å². The Morgan fingerprint density at radius 2 is 2.10 bits per heavy atom. The molecule has 0 spiro atoms. The molecular formula is C14H17N3O3S. The van der Waals surface area contributed by atoms with Crippen LogP contribution in [0.2, 0.25) is 0 Å². The Morgan fingerprint density at radius 1 is 1.33 bits per heavy atom. The number of anilines is 1. The first-order valence-corrected chi connectivity index (χ1v) is 7.80. The number of primary sulfonamides is 1. The van der Waals surface area contributed by atoms with E-state index >= 15 is 0 Å². The Kier molecular flexibility index (Phi) is 4.44. The van der Waals surface area contributed by atoms with E-state index in [0.717, 1.165) is 11.1 Å². The van der Waals surface area contributed by atoms with E-state index in [0.29, 0.717) is 18.0 Å². The third-order valence-electron chi connectivity index (χ3n) is 3.12. The second kappa shape index (κ2) is 6.11. The zero-order valence-electron chi connectivity index (χ0n) is 11.8. The van der Waals surface area contributed by atoms with E-state index in [4.69, 9.17) is 9.88 Å². The molecule has 0 aliphatic rings. The van der Waals surface area contributed by atoms with Crippen LogP contribution in [-0.4, -0.2) is 20.5 Å². The maximum atomic E-state index is 11.4. The molecule has 112 valence electrons. The minimum absolute atomic E-state index is 0.0358. The highest BCUT2D eigenvalue weighted by Crippen LogP contribution is 2.27. The molecule has 1 aromatic carbocycles. The van der Waals surface area contributed by atoms with Crippen LogP contribution in [0.3, 0.4) is 0 Å². The van der Waals surface area contributed by atoms with Crippen molar-refractivity contribution in [1.82, 2.24) is 4.98 Å². The minimum atomic E-state index is -3.75. The molecule has 6 nitrogen and oxygen atoms in total. The standard InChI is InChI=1S/C14H17N3O3S/c1-10-5-6-16-8-11(10)9-17-13-7-12(21(15,18)19)3-4-14(13)20-2/h3-8,17H,9H2,1-2H3,(H2,15,18,19). The topological polar surface area (TPSA) is 94.3 Å². The Balaban J connectivity index is 2.28. The maximum Gasteiger partial charge on any atom is 0.238 e. The predicted molar refractivity (Wildman–Crippen MR) is 80.7 cm³/mol. The van der Waals surface area contributed by atoms with Crippen molar-refractivity contribution in [2.45, 2.75) is 18.4 Å². The first-order valence-electron chi connectivity index (χ1n) is 6.26. The third-order valence-corrected chi connectivity index (χ3v) is 4.03. The van der Waals surface area contributed by atoms with E-state index in [-0.39, 0.29) is 4.90 Å². The van der Waals surface area contributed by atoms with Gasteiger partial charge in [0.25, 0.3) is 0 Å². The van der Waals surface area contributed by atoms with Crippen molar-refractivity contribution in [3.8, 4) is 5.75 Å². The van der Waals surface area contributed by atoms with Crippen molar-refractivity contribution < 1.29 is 13.2 Å². The summed E-state index contributed by atoms with van der Waals surface area (Å²) >= 11 is 0. The summed E-state index contributed by atoms with van der Waals surface area (Å²) in [6, 6.07) is 6.35. The van der Waals surface area contributed by atoms with Gasteiger partial charge in [0.1, 0.15) is 5.75 Å². The molecule has 0 saturated carbocycles. The van der Waals surface area contributed by atoms with Gasteiger partial charge in [-0.05, 0) is 42.3 Å². The number of aromatic nitrogens is 1. The summed E-state index contributed by atoms with van der Waals surface area (Å²) in [6.07, 6.45) is 3.49. The first kappa shape index (κ1) is 15.3. The average molecular weight is 307 g/mol. The van der Waals surface area contributed by atoms with Crippen molar-refractivity contribution >= 4 is 15.7 Å². The largest absolute Gasteiger partial charge is 0.495 e. The Bertz CT molecular complexity index is 745. The van der Waals surface area contributed by atoms with Crippen molar-refractivity contribution in [3.05, 3.63) is 47.8 Å². The quantitative estimate of drug-likeness (QED) is 0.876. The second-order valence-corrected chi connectivity index (χ2v) is 6.12. The summed E-state index contributed by atoms with van der Waals surface area (Å²) in [5.41, 5.74) is 2.67. The van der Waals surface area contributed by atoms with E-state index in [1.807, 2.05) is 13.0 Å². The lowest BCUT2D eigenvalue weighted by molar-refractivity contribution is 0.416. The number of benzene rings is 1. The van der Waals surface area contributed by atoms with Gasteiger partial charge < -0.3 is 10.1 Å². The number of hydrogen-bond acceptors (Lipinski definition) is 5. The molecule has 2 rings (SSSR count). The number of nitrogens with two attached hydrogens (primary N) is 1. The van der Waals surface area contributed by atoms with E-state index in [2.05, 4.69) is 10.3 Å². The molecule has 7 heteroatoms. The van der Waals surface area contributed by atoms with Gasteiger partial charge in [-0.15, -0.1) is 0 Å². The van der Waals surface area contributed by atoms with E-state index < -0.39 is 10.0 Å². The zero-order valence-corrected chi connectivity index (χ0v) is 12.6. The zero-order chi connectivity index (χ0) is 15.5. The fourth-order valence-electron chi connectivity index (χ4n) is 1.87. The van der Waals surface area contributed by atoms with Gasteiger partial charge in [-0.25, -0.2) is 13.6 Å². The molecular weight excluding hydrogens is 290 g/mol. The summed E-state index contributed by atoms with van der Waals surface area (Å²) in [6.45, 7) is 2.49. The monoisotopic (exact) mass is 307 g/mol. The van der Waals surface area contributed by atoms with Crippen LogP contribution in [0.15, 0.2) is 41.6 Å². The van der Waals surface area contributed by atoms with Crippen LogP contribution < -0.4 is 15.2 Å². The summed E-state index contributed by atoms with van der Waals surface area (Å²) in [5.74, 6) is 0.545. The number of rotatable bonds is 5. The molecule has 0 bridgehead atoms. The van der Waals surface area contributed by atoms with Gasteiger partial charge >= 0.3 is 0 Å².